The van der Waals surface area contributed by atoms with Crippen LogP contribution in [0.4, 0.5) is 0 Å². The largest absolute Gasteiger partial charge is 0.508 e. The molecule has 18 heavy (non-hydrogen) atoms. The van der Waals surface area contributed by atoms with Gasteiger partial charge < -0.3 is 15.7 Å². The van der Waals surface area contributed by atoms with E-state index in [9.17, 15) is 4.79 Å². The van der Waals surface area contributed by atoms with E-state index >= 15 is 0 Å². The predicted molar refractivity (Wildman–Crippen MR) is 70.2 cm³/mol. The van der Waals surface area contributed by atoms with Crippen molar-refractivity contribution in [2.24, 2.45) is 0 Å². The van der Waals surface area contributed by atoms with E-state index < -0.39 is 0 Å². The van der Waals surface area contributed by atoms with E-state index in [2.05, 4.69) is 10.6 Å². The highest BCUT2D eigenvalue weighted by Crippen LogP contribution is 2.17. The van der Waals surface area contributed by atoms with Crippen molar-refractivity contribution in [3.63, 3.8) is 0 Å². The predicted octanol–water partition coefficient (Wildman–Crippen LogP) is 1.54. The molecular weight excluding hydrogens is 228 g/mol. The molecule has 1 fully saturated rings. The second-order valence-corrected chi connectivity index (χ2v) is 4.81. The molecule has 1 amide bonds. The van der Waals surface area contributed by atoms with Crippen molar-refractivity contribution in [3.05, 3.63) is 29.8 Å². The SMILES string of the molecule is O=C(CNC1CCCC1)NCc1ccc(O)cc1. The summed E-state index contributed by atoms with van der Waals surface area (Å²) in [6.07, 6.45) is 4.91. The minimum absolute atomic E-state index is 0.0231. The van der Waals surface area contributed by atoms with Crippen molar-refractivity contribution >= 4 is 5.91 Å². The fourth-order valence-electron chi connectivity index (χ4n) is 2.24. The van der Waals surface area contributed by atoms with Gasteiger partial charge in [-0.05, 0) is 30.5 Å². The number of carbonyl (C=O) groups is 1. The maximum absolute atomic E-state index is 11.6. The van der Waals surface area contributed by atoms with E-state index in [0.29, 0.717) is 19.1 Å². The molecule has 0 heterocycles. The van der Waals surface area contributed by atoms with E-state index in [1.807, 2.05) is 0 Å². The lowest BCUT2D eigenvalue weighted by Crippen LogP contribution is -2.37. The van der Waals surface area contributed by atoms with Crippen molar-refractivity contribution in [1.82, 2.24) is 10.6 Å². The topological polar surface area (TPSA) is 61.4 Å². The molecule has 1 aliphatic carbocycles. The average molecular weight is 248 g/mol. The number of aromatic hydroxyl groups is 1. The Morgan fingerprint density at radius 3 is 2.56 bits per heavy atom. The zero-order valence-corrected chi connectivity index (χ0v) is 10.5. The average Bonchev–Trinajstić information content (AvgIpc) is 2.89. The normalized spacial score (nSPS) is 15.8. The van der Waals surface area contributed by atoms with Gasteiger partial charge in [-0.15, -0.1) is 0 Å². The number of amides is 1. The van der Waals surface area contributed by atoms with Crippen LogP contribution in [0.1, 0.15) is 31.2 Å². The molecule has 0 saturated heterocycles. The zero-order valence-electron chi connectivity index (χ0n) is 10.5. The van der Waals surface area contributed by atoms with Gasteiger partial charge in [0.1, 0.15) is 5.75 Å². The number of carbonyl (C=O) groups excluding carboxylic acids is 1. The molecule has 1 saturated carbocycles. The van der Waals surface area contributed by atoms with Gasteiger partial charge in [0.2, 0.25) is 5.91 Å². The molecule has 0 unspecified atom stereocenters. The monoisotopic (exact) mass is 248 g/mol. The summed E-state index contributed by atoms with van der Waals surface area (Å²) in [5, 5.41) is 15.3. The van der Waals surface area contributed by atoms with Gasteiger partial charge in [-0.2, -0.15) is 0 Å². The lowest BCUT2D eigenvalue weighted by atomic mass is 10.2. The van der Waals surface area contributed by atoms with Gasteiger partial charge in [0.15, 0.2) is 0 Å². The first-order valence-electron chi connectivity index (χ1n) is 6.52. The summed E-state index contributed by atoms with van der Waals surface area (Å²) in [7, 11) is 0. The lowest BCUT2D eigenvalue weighted by molar-refractivity contribution is -0.120. The number of phenols is 1. The van der Waals surface area contributed by atoms with Crippen LogP contribution >= 0.6 is 0 Å². The van der Waals surface area contributed by atoms with E-state index in [4.69, 9.17) is 5.11 Å². The maximum Gasteiger partial charge on any atom is 0.234 e. The zero-order chi connectivity index (χ0) is 12.8. The third-order valence-electron chi connectivity index (χ3n) is 3.33. The van der Waals surface area contributed by atoms with Gasteiger partial charge in [0.05, 0.1) is 6.54 Å². The van der Waals surface area contributed by atoms with Crippen LogP contribution in [0, 0.1) is 0 Å². The first kappa shape index (κ1) is 12.9. The molecule has 0 aliphatic heterocycles. The fourth-order valence-corrected chi connectivity index (χ4v) is 2.24. The Kier molecular flexibility index (Phi) is 4.59. The van der Waals surface area contributed by atoms with Crippen LogP contribution < -0.4 is 10.6 Å². The Labute approximate surface area is 107 Å². The molecule has 0 atom stereocenters. The second-order valence-electron chi connectivity index (χ2n) is 4.81. The van der Waals surface area contributed by atoms with E-state index in [0.717, 1.165) is 5.56 Å². The number of rotatable bonds is 5. The van der Waals surface area contributed by atoms with Gasteiger partial charge in [-0.25, -0.2) is 0 Å². The highest BCUT2D eigenvalue weighted by Gasteiger charge is 2.14. The van der Waals surface area contributed by atoms with Gasteiger partial charge in [0, 0.05) is 12.6 Å². The molecular formula is C14H20N2O2. The summed E-state index contributed by atoms with van der Waals surface area (Å²) >= 11 is 0. The molecule has 98 valence electrons. The number of hydrogen-bond acceptors (Lipinski definition) is 3. The van der Waals surface area contributed by atoms with Crippen molar-refractivity contribution in [2.45, 2.75) is 38.3 Å². The van der Waals surface area contributed by atoms with Crippen LogP contribution in [0.25, 0.3) is 0 Å². The summed E-state index contributed by atoms with van der Waals surface area (Å²) in [4.78, 5) is 11.6. The first-order chi connectivity index (χ1) is 8.74. The van der Waals surface area contributed by atoms with E-state index in [-0.39, 0.29) is 11.7 Å². The van der Waals surface area contributed by atoms with Crippen LogP contribution in [0.5, 0.6) is 5.75 Å². The summed E-state index contributed by atoms with van der Waals surface area (Å²) in [6.45, 7) is 0.897. The lowest BCUT2D eigenvalue weighted by Gasteiger charge is -2.11. The third-order valence-corrected chi connectivity index (χ3v) is 3.33. The van der Waals surface area contributed by atoms with Crippen molar-refractivity contribution in [1.29, 1.82) is 0 Å². The molecule has 2 rings (SSSR count). The minimum atomic E-state index is 0.0231. The van der Waals surface area contributed by atoms with Crippen LogP contribution in [-0.2, 0) is 11.3 Å². The van der Waals surface area contributed by atoms with Crippen molar-refractivity contribution in [3.8, 4) is 5.75 Å². The second kappa shape index (κ2) is 6.40. The van der Waals surface area contributed by atoms with E-state index in [1.165, 1.54) is 25.7 Å². The van der Waals surface area contributed by atoms with Crippen LogP contribution in [0.3, 0.4) is 0 Å². The first-order valence-corrected chi connectivity index (χ1v) is 6.52. The Morgan fingerprint density at radius 1 is 1.22 bits per heavy atom. The molecule has 4 nitrogen and oxygen atoms in total. The van der Waals surface area contributed by atoms with Crippen molar-refractivity contribution in [2.75, 3.05) is 6.54 Å². The van der Waals surface area contributed by atoms with Gasteiger partial charge in [-0.1, -0.05) is 25.0 Å². The number of nitrogens with one attached hydrogen (secondary N) is 2. The Balaban J connectivity index is 1.66. The summed E-state index contributed by atoms with van der Waals surface area (Å²) < 4.78 is 0. The van der Waals surface area contributed by atoms with Gasteiger partial charge in [-0.3, -0.25) is 4.79 Å². The number of hydrogen-bond donors (Lipinski definition) is 3. The summed E-state index contributed by atoms with van der Waals surface area (Å²) in [5.74, 6) is 0.267. The highest BCUT2D eigenvalue weighted by molar-refractivity contribution is 5.78. The number of phenolic OH excluding ortho intramolecular Hbond substituents is 1. The molecule has 0 bridgehead atoms. The van der Waals surface area contributed by atoms with Crippen LogP contribution in [0.2, 0.25) is 0 Å². The molecule has 3 N–H and O–H groups in total. The molecule has 1 aromatic carbocycles. The molecule has 1 aliphatic rings. The third kappa shape index (κ3) is 4.04. The quantitative estimate of drug-likeness (QED) is 0.740. The van der Waals surface area contributed by atoms with Gasteiger partial charge >= 0.3 is 0 Å². The summed E-state index contributed by atoms with van der Waals surface area (Å²) in [5.41, 5.74) is 0.988. The standard InChI is InChI=1S/C14H20N2O2/c17-13-7-5-11(6-8-13)9-16-14(18)10-15-12-3-1-2-4-12/h5-8,12,15,17H,1-4,9-10H2,(H,16,18). The Bertz CT molecular complexity index is 383. The molecule has 0 radical (unpaired) electrons. The van der Waals surface area contributed by atoms with Crippen LogP contribution in [0.15, 0.2) is 24.3 Å². The smallest absolute Gasteiger partial charge is 0.234 e. The van der Waals surface area contributed by atoms with E-state index in [1.54, 1.807) is 24.3 Å². The molecule has 0 aromatic heterocycles. The Hall–Kier alpha value is -1.55. The number of benzene rings is 1. The fraction of sp³-hybridized carbons (Fsp3) is 0.500. The molecule has 1 aromatic rings. The van der Waals surface area contributed by atoms with Crippen LogP contribution in [-0.4, -0.2) is 23.6 Å². The van der Waals surface area contributed by atoms with Crippen molar-refractivity contribution < 1.29 is 9.90 Å². The van der Waals surface area contributed by atoms with Gasteiger partial charge in [0.25, 0.3) is 0 Å². The summed E-state index contributed by atoms with van der Waals surface area (Å²) in [6, 6.07) is 7.38. The minimum Gasteiger partial charge on any atom is -0.508 e. The maximum atomic E-state index is 11.6. The Morgan fingerprint density at radius 2 is 1.89 bits per heavy atom. The highest BCUT2D eigenvalue weighted by atomic mass is 16.3. The molecule has 0 spiro atoms. The molecule has 4 heteroatoms.